The lowest BCUT2D eigenvalue weighted by Gasteiger charge is -2.01. The number of nitrogens with zero attached hydrogens (tertiary/aromatic N) is 5. The van der Waals surface area contributed by atoms with Crippen molar-refractivity contribution in [3.8, 4) is 11.4 Å². The largest absolute Gasteiger partial charge is 0.265 e. The maximum Gasteiger partial charge on any atom is 0.182 e. The highest BCUT2D eigenvalue weighted by Crippen LogP contribution is 2.13. The van der Waals surface area contributed by atoms with Crippen molar-refractivity contribution in [1.82, 2.24) is 25.2 Å². The number of hydrogen-bond acceptors (Lipinski definition) is 4. The molecule has 0 aromatic carbocycles. The summed E-state index contributed by atoms with van der Waals surface area (Å²) in [4.78, 5) is 3.91. The molecule has 0 aliphatic carbocycles. The highest BCUT2D eigenvalue weighted by Gasteiger charge is 2.07. The van der Waals surface area contributed by atoms with E-state index in [1.807, 2.05) is 12.1 Å². The van der Waals surface area contributed by atoms with Gasteiger partial charge in [-0.3, -0.25) is 9.37 Å². The van der Waals surface area contributed by atoms with E-state index in [1.165, 1.54) is 0 Å². The predicted molar refractivity (Wildman–Crippen MR) is 51.6 cm³/mol. The second kappa shape index (κ2) is 4.59. The first-order chi connectivity index (χ1) is 7.42. The van der Waals surface area contributed by atoms with E-state index in [4.69, 9.17) is 0 Å². The van der Waals surface area contributed by atoms with E-state index in [9.17, 15) is 4.39 Å². The van der Waals surface area contributed by atoms with Crippen LogP contribution in [0.15, 0.2) is 24.5 Å². The van der Waals surface area contributed by atoms with Crippen LogP contribution in [0.4, 0.5) is 4.39 Å². The van der Waals surface area contributed by atoms with Gasteiger partial charge in [-0.05, 0) is 29.0 Å². The molecule has 0 N–H and O–H groups in total. The van der Waals surface area contributed by atoms with Gasteiger partial charge in [-0.15, -0.1) is 5.10 Å². The van der Waals surface area contributed by atoms with Gasteiger partial charge in [-0.25, -0.2) is 4.68 Å². The zero-order valence-electron chi connectivity index (χ0n) is 8.04. The third kappa shape index (κ3) is 2.15. The number of halogens is 1. The Hall–Kier alpha value is -1.85. The number of rotatable bonds is 4. The van der Waals surface area contributed by atoms with Crippen LogP contribution in [0.1, 0.15) is 6.42 Å². The Kier molecular flexibility index (Phi) is 2.96. The summed E-state index contributed by atoms with van der Waals surface area (Å²) in [5.74, 6) is 0.644. The molecule has 5 nitrogen and oxygen atoms in total. The molecule has 0 saturated carbocycles. The van der Waals surface area contributed by atoms with Crippen molar-refractivity contribution in [2.24, 2.45) is 0 Å². The second-order valence-corrected chi connectivity index (χ2v) is 3.00. The van der Waals surface area contributed by atoms with Gasteiger partial charge >= 0.3 is 0 Å². The van der Waals surface area contributed by atoms with Gasteiger partial charge in [-0.1, -0.05) is 0 Å². The van der Waals surface area contributed by atoms with Crippen molar-refractivity contribution in [2.75, 3.05) is 6.67 Å². The highest BCUT2D eigenvalue weighted by molar-refractivity contribution is 5.52. The second-order valence-electron chi connectivity index (χ2n) is 3.00. The number of aromatic nitrogens is 5. The number of hydrogen-bond donors (Lipinski definition) is 0. The standard InChI is InChI=1S/C9H10FN5/c10-4-1-7-15-9(12-13-14-15)8-2-5-11-6-3-8/h2-3,5-6H,1,4,7H2. The van der Waals surface area contributed by atoms with Crippen molar-refractivity contribution in [3.05, 3.63) is 24.5 Å². The summed E-state index contributed by atoms with van der Waals surface area (Å²) in [5.41, 5.74) is 0.883. The lowest BCUT2D eigenvalue weighted by Crippen LogP contribution is -2.03. The van der Waals surface area contributed by atoms with Crippen LogP contribution in [0, 0.1) is 0 Å². The monoisotopic (exact) mass is 207 g/mol. The zero-order valence-corrected chi connectivity index (χ0v) is 8.04. The van der Waals surface area contributed by atoms with Crippen LogP contribution in [-0.4, -0.2) is 31.9 Å². The Morgan fingerprint density at radius 2 is 2.07 bits per heavy atom. The first-order valence-corrected chi connectivity index (χ1v) is 4.64. The van der Waals surface area contributed by atoms with Crippen molar-refractivity contribution >= 4 is 0 Å². The summed E-state index contributed by atoms with van der Waals surface area (Å²) >= 11 is 0. The zero-order chi connectivity index (χ0) is 10.5. The van der Waals surface area contributed by atoms with Crippen LogP contribution >= 0.6 is 0 Å². The number of aryl methyl sites for hydroxylation is 1. The van der Waals surface area contributed by atoms with Crippen molar-refractivity contribution < 1.29 is 4.39 Å². The molecule has 78 valence electrons. The summed E-state index contributed by atoms with van der Waals surface area (Å²) in [6, 6.07) is 3.63. The van der Waals surface area contributed by atoms with Crippen molar-refractivity contribution in [2.45, 2.75) is 13.0 Å². The Bertz CT molecular complexity index is 413. The fourth-order valence-corrected chi connectivity index (χ4v) is 1.27. The summed E-state index contributed by atoms with van der Waals surface area (Å²) in [5, 5.41) is 11.3. The fourth-order valence-electron chi connectivity index (χ4n) is 1.27. The molecule has 2 aromatic rings. The van der Waals surface area contributed by atoms with Crippen LogP contribution in [-0.2, 0) is 6.54 Å². The molecule has 0 unspecified atom stereocenters. The molecule has 0 atom stereocenters. The predicted octanol–water partition coefficient (Wildman–Crippen LogP) is 1.09. The molecule has 0 bridgehead atoms. The highest BCUT2D eigenvalue weighted by atomic mass is 19.1. The third-order valence-corrected chi connectivity index (χ3v) is 1.97. The van der Waals surface area contributed by atoms with E-state index < -0.39 is 0 Å². The average Bonchev–Trinajstić information content (AvgIpc) is 2.75. The minimum Gasteiger partial charge on any atom is -0.265 e. The fraction of sp³-hybridized carbons (Fsp3) is 0.333. The molecular weight excluding hydrogens is 197 g/mol. The topological polar surface area (TPSA) is 56.5 Å². The van der Waals surface area contributed by atoms with E-state index >= 15 is 0 Å². The molecule has 15 heavy (non-hydrogen) atoms. The minimum absolute atomic E-state index is 0.365. The molecule has 0 saturated heterocycles. The molecule has 0 amide bonds. The van der Waals surface area contributed by atoms with Gasteiger partial charge in [0.2, 0.25) is 0 Å². The molecule has 0 spiro atoms. The summed E-state index contributed by atoms with van der Waals surface area (Å²) in [6.45, 7) is 0.122. The van der Waals surface area contributed by atoms with E-state index in [-0.39, 0.29) is 6.67 Å². The molecule has 0 aliphatic heterocycles. The molecule has 0 aliphatic rings. The van der Waals surface area contributed by atoms with Gasteiger partial charge in [0, 0.05) is 24.5 Å². The maximum absolute atomic E-state index is 12.0. The Morgan fingerprint density at radius 3 is 2.80 bits per heavy atom. The van der Waals surface area contributed by atoms with Crippen molar-refractivity contribution in [1.29, 1.82) is 0 Å². The van der Waals surface area contributed by atoms with Gasteiger partial charge in [0.25, 0.3) is 0 Å². The van der Waals surface area contributed by atoms with E-state index in [1.54, 1.807) is 17.1 Å². The Balaban J connectivity index is 2.25. The number of tetrazole rings is 1. The smallest absolute Gasteiger partial charge is 0.182 e. The van der Waals surface area contributed by atoms with E-state index in [0.29, 0.717) is 18.8 Å². The molecule has 0 radical (unpaired) electrons. The normalized spacial score (nSPS) is 10.5. The number of pyridine rings is 1. The summed E-state index contributed by atoms with van der Waals surface area (Å²) < 4.78 is 13.6. The van der Waals surface area contributed by atoms with Gasteiger partial charge in [-0.2, -0.15) is 0 Å². The van der Waals surface area contributed by atoms with Crippen LogP contribution in [0.25, 0.3) is 11.4 Å². The first-order valence-electron chi connectivity index (χ1n) is 4.64. The Morgan fingerprint density at radius 1 is 1.27 bits per heavy atom. The van der Waals surface area contributed by atoms with Gasteiger partial charge in [0.1, 0.15) is 0 Å². The van der Waals surface area contributed by atoms with Crippen molar-refractivity contribution in [3.63, 3.8) is 0 Å². The van der Waals surface area contributed by atoms with Gasteiger partial charge < -0.3 is 0 Å². The average molecular weight is 207 g/mol. The van der Waals surface area contributed by atoms with Crippen LogP contribution in [0.3, 0.4) is 0 Å². The lowest BCUT2D eigenvalue weighted by molar-refractivity contribution is 0.432. The van der Waals surface area contributed by atoms with Gasteiger partial charge in [0.15, 0.2) is 5.82 Å². The van der Waals surface area contributed by atoms with E-state index in [0.717, 1.165) is 5.56 Å². The minimum atomic E-state index is -0.365. The quantitative estimate of drug-likeness (QED) is 0.753. The number of alkyl halides is 1. The SMILES string of the molecule is FCCCn1nnnc1-c1ccncc1. The molecule has 2 heterocycles. The van der Waals surface area contributed by atoms with Gasteiger partial charge in [0.05, 0.1) is 6.67 Å². The van der Waals surface area contributed by atoms with E-state index in [2.05, 4.69) is 20.5 Å². The summed E-state index contributed by atoms with van der Waals surface area (Å²) in [7, 11) is 0. The summed E-state index contributed by atoms with van der Waals surface area (Å²) in [6.07, 6.45) is 3.76. The molecule has 2 rings (SSSR count). The lowest BCUT2D eigenvalue weighted by atomic mass is 10.2. The van der Waals surface area contributed by atoms with Crippen LogP contribution in [0.2, 0.25) is 0 Å². The van der Waals surface area contributed by atoms with Crippen LogP contribution < -0.4 is 0 Å². The third-order valence-electron chi connectivity index (χ3n) is 1.97. The molecule has 0 fully saturated rings. The molecule has 6 heteroatoms. The first kappa shape index (κ1) is 9.70. The molecule has 2 aromatic heterocycles. The maximum atomic E-state index is 12.0. The Labute approximate surface area is 86.0 Å². The molecular formula is C9H10FN5. The van der Waals surface area contributed by atoms with Crippen LogP contribution in [0.5, 0.6) is 0 Å².